The molecular formula is C34H34N2O4. The fraction of sp³-hybridized carbons (Fsp3) is 0.265. The second kappa shape index (κ2) is 11.3. The van der Waals surface area contributed by atoms with Gasteiger partial charge >= 0.3 is 5.97 Å². The minimum Gasteiger partial charge on any atom is -0.490 e. The monoisotopic (exact) mass is 534 g/mol. The lowest BCUT2D eigenvalue weighted by Crippen LogP contribution is -2.20. The average Bonchev–Trinajstić information content (AvgIpc) is 3.75. The summed E-state index contributed by atoms with van der Waals surface area (Å²) in [7, 11) is 0. The van der Waals surface area contributed by atoms with Crippen LogP contribution in [0.2, 0.25) is 0 Å². The van der Waals surface area contributed by atoms with Crippen molar-refractivity contribution in [1.29, 1.82) is 0 Å². The number of fused-ring (bicyclic) bond motifs is 1. The number of nitrogens with zero attached hydrogens (tertiary/aromatic N) is 1. The molecular weight excluding hydrogens is 500 g/mol. The van der Waals surface area contributed by atoms with Crippen LogP contribution in [0.3, 0.4) is 0 Å². The molecule has 4 aromatic carbocycles. The van der Waals surface area contributed by atoms with Crippen LogP contribution in [0.4, 0.5) is 0 Å². The molecule has 1 saturated carbocycles. The molecule has 4 aromatic rings. The smallest absolute Gasteiger partial charge is 0.344 e. The Morgan fingerprint density at radius 2 is 1.70 bits per heavy atom. The van der Waals surface area contributed by atoms with Crippen molar-refractivity contribution in [3.05, 3.63) is 107 Å². The van der Waals surface area contributed by atoms with Gasteiger partial charge in [0.05, 0.1) is 18.4 Å². The Labute approximate surface area is 235 Å². The molecule has 6 heteroatoms. The normalized spacial score (nSPS) is 16.6. The van der Waals surface area contributed by atoms with Crippen LogP contribution in [0.15, 0.2) is 90.0 Å². The van der Waals surface area contributed by atoms with Crippen LogP contribution in [-0.2, 0) is 10.2 Å². The highest BCUT2D eigenvalue weighted by Crippen LogP contribution is 2.47. The lowest BCUT2D eigenvalue weighted by molar-refractivity contribution is -0.122. The van der Waals surface area contributed by atoms with Crippen molar-refractivity contribution in [2.75, 3.05) is 6.61 Å². The summed E-state index contributed by atoms with van der Waals surface area (Å²) in [5, 5.41) is 5.95. The predicted octanol–water partition coefficient (Wildman–Crippen LogP) is 7.01. The van der Waals surface area contributed by atoms with E-state index in [0.717, 1.165) is 17.2 Å². The third kappa shape index (κ3) is 6.07. The van der Waals surface area contributed by atoms with Crippen molar-refractivity contribution in [2.45, 2.75) is 45.4 Å². The third-order valence-corrected chi connectivity index (χ3v) is 7.20. The Balaban J connectivity index is 1.22. The number of hydrogen-bond donors (Lipinski definition) is 1. The maximum Gasteiger partial charge on any atom is 0.344 e. The van der Waals surface area contributed by atoms with E-state index in [1.807, 2.05) is 43.3 Å². The summed E-state index contributed by atoms with van der Waals surface area (Å²) >= 11 is 0. The number of ether oxygens (including phenoxy) is 2. The Morgan fingerprint density at radius 3 is 2.45 bits per heavy atom. The second-order valence-corrected chi connectivity index (χ2v) is 11.1. The van der Waals surface area contributed by atoms with Crippen molar-refractivity contribution in [3.63, 3.8) is 0 Å². The number of benzene rings is 4. The van der Waals surface area contributed by atoms with Gasteiger partial charge in [0.15, 0.2) is 11.5 Å². The van der Waals surface area contributed by atoms with Crippen LogP contribution < -0.4 is 14.9 Å². The van der Waals surface area contributed by atoms with Crippen LogP contribution in [0.5, 0.6) is 11.5 Å². The predicted molar refractivity (Wildman–Crippen MR) is 158 cm³/mol. The zero-order valence-electron chi connectivity index (χ0n) is 23.3. The highest BCUT2D eigenvalue weighted by Gasteiger charge is 2.44. The van der Waals surface area contributed by atoms with Crippen LogP contribution >= 0.6 is 0 Å². The van der Waals surface area contributed by atoms with E-state index >= 15 is 0 Å². The Kier molecular flexibility index (Phi) is 7.69. The van der Waals surface area contributed by atoms with Gasteiger partial charge in [0.25, 0.3) is 0 Å². The van der Waals surface area contributed by atoms with Crippen LogP contribution in [0.1, 0.15) is 67.1 Å². The number of carbonyl (C=O) groups is 2. The van der Waals surface area contributed by atoms with E-state index in [4.69, 9.17) is 9.47 Å². The van der Waals surface area contributed by atoms with Crippen LogP contribution in [0, 0.1) is 5.92 Å². The lowest BCUT2D eigenvalue weighted by Gasteiger charge is -2.19. The standard InChI is InChI=1S/C34H34N2O4/c1-5-39-31-19-22(13-18-30(31)40-33(38)27-12-8-10-23-9-6-7-11-26(23)27)21-35-36-32(37)29-20-28(29)24-14-16-25(17-15-24)34(2,3)4/h6-19,21,28-29H,5,20H2,1-4H3,(H,36,37)/b35-21-. The molecule has 204 valence electrons. The van der Waals surface area contributed by atoms with Gasteiger partial charge in [0.2, 0.25) is 5.91 Å². The quantitative estimate of drug-likeness (QED) is 0.114. The van der Waals surface area contributed by atoms with Gasteiger partial charge in [-0.25, -0.2) is 10.2 Å². The van der Waals surface area contributed by atoms with E-state index < -0.39 is 5.97 Å². The molecule has 0 saturated heterocycles. The zero-order valence-corrected chi connectivity index (χ0v) is 23.3. The molecule has 1 fully saturated rings. The first kappa shape index (κ1) is 27.1. The zero-order chi connectivity index (χ0) is 28.3. The average molecular weight is 535 g/mol. The van der Waals surface area contributed by atoms with Gasteiger partial charge in [0, 0.05) is 5.92 Å². The fourth-order valence-corrected chi connectivity index (χ4v) is 4.85. The summed E-state index contributed by atoms with van der Waals surface area (Å²) in [5.41, 5.74) is 6.43. The van der Waals surface area contributed by atoms with Crippen molar-refractivity contribution < 1.29 is 19.1 Å². The Bertz CT molecular complexity index is 1560. The molecule has 0 heterocycles. The Hall–Kier alpha value is -4.45. The first-order chi connectivity index (χ1) is 19.2. The molecule has 40 heavy (non-hydrogen) atoms. The number of carbonyl (C=O) groups excluding carboxylic acids is 2. The highest BCUT2D eigenvalue weighted by atomic mass is 16.6. The van der Waals surface area contributed by atoms with Gasteiger partial charge < -0.3 is 9.47 Å². The maximum absolute atomic E-state index is 13.0. The lowest BCUT2D eigenvalue weighted by atomic mass is 9.86. The van der Waals surface area contributed by atoms with E-state index in [0.29, 0.717) is 29.2 Å². The van der Waals surface area contributed by atoms with Gasteiger partial charge in [-0.1, -0.05) is 81.4 Å². The minimum atomic E-state index is -0.460. The molecule has 1 aliphatic rings. The van der Waals surface area contributed by atoms with Gasteiger partial charge in [0.1, 0.15) is 0 Å². The maximum atomic E-state index is 13.0. The molecule has 1 N–H and O–H groups in total. The molecule has 0 aliphatic heterocycles. The largest absolute Gasteiger partial charge is 0.490 e. The van der Waals surface area contributed by atoms with Crippen molar-refractivity contribution in [3.8, 4) is 11.5 Å². The summed E-state index contributed by atoms with van der Waals surface area (Å²) in [6, 6.07) is 27.0. The van der Waals surface area contributed by atoms with Gasteiger partial charge in [-0.2, -0.15) is 5.10 Å². The van der Waals surface area contributed by atoms with E-state index in [9.17, 15) is 9.59 Å². The first-order valence-electron chi connectivity index (χ1n) is 13.6. The summed E-state index contributed by atoms with van der Waals surface area (Å²) in [6.45, 7) is 8.83. The number of amides is 1. The molecule has 2 atom stereocenters. The van der Waals surface area contributed by atoms with Crippen LogP contribution in [-0.4, -0.2) is 24.7 Å². The molecule has 2 unspecified atom stereocenters. The van der Waals surface area contributed by atoms with Gasteiger partial charge in [-0.05, 0) is 76.4 Å². The number of hydrogen-bond acceptors (Lipinski definition) is 5. The molecule has 6 nitrogen and oxygen atoms in total. The second-order valence-electron chi connectivity index (χ2n) is 11.1. The number of esters is 1. The van der Waals surface area contributed by atoms with E-state index in [1.54, 1.807) is 30.5 Å². The Morgan fingerprint density at radius 1 is 0.950 bits per heavy atom. The van der Waals surface area contributed by atoms with Crippen molar-refractivity contribution in [1.82, 2.24) is 5.43 Å². The molecule has 0 bridgehead atoms. The minimum absolute atomic E-state index is 0.0764. The summed E-state index contributed by atoms with van der Waals surface area (Å²) in [5.74, 6) is 0.342. The number of hydrazone groups is 1. The summed E-state index contributed by atoms with van der Waals surface area (Å²) in [6.07, 6.45) is 2.38. The van der Waals surface area contributed by atoms with Gasteiger partial charge in [-0.15, -0.1) is 0 Å². The van der Waals surface area contributed by atoms with E-state index in [1.165, 1.54) is 11.1 Å². The molecule has 1 amide bonds. The summed E-state index contributed by atoms with van der Waals surface area (Å²) in [4.78, 5) is 25.7. The van der Waals surface area contributed by atoms with Crippen LogP contribution in [0.25, 0.3) is 10.8 Å². The van der Waals surface area contributed by atoms with E-state index in [-0.39, 0.29) is 23.2 Å². The number of rotatable bonds is 8. The van der Waals surface area contributed by atoms with Crippen molar-refractivity contribution in [2.24, 2.45) is 11.0 Å². The van der Waals surface area contributed by atoms with Gasteiger partial charge in [-0.3, -0.25) is 4.79 Å². The first-order valence-corrected chi connectivity index (χ1v) is 13.6. The SMILES string of the molecule is CCOc1cc(/C=N\NC(=O)C2CC2c2ccc(C(C)(C)C)cc2)ccc1OC(=O)c1cccc2ccccc12. The molecule has 5 rings (SSSR count). The molecule has 0 radical (unpaired) electrons. The molecule has 1 aliphatic carbocycles. The third-order valence-electron chi connectivity index (χ3n) is 7.20. The number of nitrogens with one attached hydrogen (secondary N) is 1. The topological polar surface area (TPSA) is 77.0 Å². The van der Waals surface area contributed by atoms with E-state index in [2.05, 4.69) is 55.6 Å². The highest BCUT2D eigenvalue weighted by molar-refractivity contribution is 6.05. The molecule has 0 aromatic heterocycles. The molecule has 0 spiro atoms. The van der Waals surface area contributed by atoms with Crippen molar-refractivity contribution >= 4 is 28.9 Å². The summed E-state index contributed by atoms with van der Waals surface area (Å²) < 4.78 is 11.5. The fourth-order valence-electron chi connectivity index (χ4n) is 4.85.